The Morgan fingerprint density at radius 3 is 2.91 bits per heavy atom. The molecule has 0 radical (unpaired) electrons. The van der Waals surface area contributed by atoms with E-state index >= 15 is 0 Å². The zero-order chi connectivity index (χ0) is 15.5. The number of nitrogens with zero attached hydrogens (tertiary/aromatic N) is 1. The average molecular weight is 300 g/mol. The van der Waals surface area contributed by atoms with Crippen molar-refractivity contribution >= 4 is 16.8 Å². The van der Waals surface area contributed by atoms with Gasteiger partial charge in [-0.3, -0.25) is 4.79 Å². The Morgan fingerprint density at radius 2 is 2.18 bits per heavy atom. The van der Waals surface area contributed by atoms with Crippen LogP contribution in [0.3, 0.4) is 0 Å². The molecule has 1 amide bonds. The molecule has 1 atom stereocenters. The zero-order valence-electron chi connectivity index (χ0n) is 13.1. The number of hydrogen-bond donors (Lipinski definition) is 2. The Morgan fingerprint density at radius 1 is 1.41 bits per heavy atom. The lowest BCUT2D eigenvalue weighted by Gasteiger charge is -2.12. The van der Waals surface area contributed by atoms with Gasteiger partial charge in [-0.25, -0.2) is 0 Å². The molecule has 0 saturated heterocycles. The predicted octanol–water partition coefficient (Wildman–Crippen LogP) is 2.94. The topological polar surface area (TPSA) is 54.3 Å². The molecular formula is C18H24N2O2. The lowest BCUT2D eigenvalue weighted by atomic mass is 10.2. The second-order valence-electron chi connectivity index (χ2n) is 6.25. The summed E-state index contributed by atoms with van der Waals surface area (Å²) in [6, 6.07) is 10.1. The fourth-order valence-corrected chi connectivity index (χ4v) is 2.80. The first kappa shape index (κ1) is 15.1. The molecule has 0 spiro atoms. The van der Waals surface area contributed by atoms with Crippen LogP contribution >= 0.6 is 0 Å². The van der Waals surface area contributed by atoms with Crippen LogP contribution in [0.25, 0.3) is 10.9 Å². The molecule has 2 N–H and O–H groups in total. The quantitative estimate of drug-likeness (QED) is 0.826. The summed E-state index contributed by atoms with van der Waals surface area (Å²) >= 11 is 0. The minimum Gasteiger partial charge on any atom is -0.393 e. The van der Waals surface area contributed by atoms with E-state index in [-0.39, 0.29) is 12.0 Å². The van der Waals surface area contributed by atoms with Gasteiger partial charge >= 0.3 is 0 Å². The Bertz CT molecular complexity index is 658. The maximum Gasteiger partial charge on any atom is 0.267 e. The summed E-state index contributed by atoms with van der Waals surface area (Å²) in [5.41, 5.74) is 1.87. The van der Waals surface area contributed by atoms with Gasteiger partial charge in [-0.1, -0.05) is 25.1 Å². The normalized spacial score (nSPS) is 15.9. The van der Waals surface area contributed by atoms with E-state index in [9.17, 15) is 9.90 Å². The minimum atomic E-state index is -0.336. The number of fused-ring (bicyclic) bond motifs is 1. The number of para-hydroxylation sites is 1. The van der Waals surface area contributed by atoms with Crippen LogP contribution in [-0.2, 0) is 6.54 Å². The van der Waals surface area contributed by atoms with Gasteiger partial charge in [0.2, 0.25) is 0 Å². The molecule has 1 fully saturated rings. The molecule has 1 aromatic carbocycles. The van der Waals surface area contributed by atoms with Crippen molar-refractivity contribution in [3.8, 4) is 0 Å². The number of benzene rings is 1. The van der Waals surface area contributed by atoms with Crippen molar-refractivity contribution < 1.29 is 9.90 Å². The molecule has 2 aromatic rings. The Kier molecular flexibility index (Phi) is 4.48. The van der Waals surface area contributed by atoms with Gasteiger partial charge in [-0.15, -0.1) is 0 Å². The van der Waals surface area contributed by atoms with Gasteiger partial charge in [0, 0.05) is 24.0 Å². The second-order valence-corrected chi connectivity index (χ2v) is 6.25. The van der Waals surface area contributed by atoms with Crippen molar-refractivity contribution in [2.24, 2.45) is 5.92 Å². The van der Waals surface area contributed by atoms with E-state index in [1.54, 1.807) is 0 Å². The highest BCUT2D eigenvalue weighted by molar-refractivity contribution is 5.98. The van der Waals surface area contributed by atoms with Gasteiger partial charge in [0.25, 0.3) is 5.91 Å². The third kappa shape index (κ3) is 3.33. The van der Waals surface area contributed by atoms with Crippen LogP contribution in [-0.4, -0.2) is 28.2 Å². The molecule has 4 nitrogen and oxygen atoms in total. The van der Waals surface area contributed by atoms with Crippen LogP contribution in [0.15, 0.2) is 30.3 Å². The number of carbonyl (C=O) groups is 1. The molecule has 22 heavy (non-hydrogen) atoms. The van der Waals surface area contributed by atoms with E-state index < -0.39 is 0 Å². The van der Waals surface area contributed by atoms with Gasteiger partial charge < -0.3 is 15.0 Å². The lowest BCUT2D eigenvalue weighted by molar-refractivity contribution is 0.0933. The summed E-state index contributed by atoms with van der Waals surface area (Å²) in [5.74, 6) is 0.671. The standard InChI is InChI=1S/C18H24N2O2/c1-2-15(21)9-10-19-18(22)17-11-14-5-3-4-6-16(14)20(17)12-13-7-8-13/h3-6,11,13,15,21H,2,7-10,12H2,1H3,(H,19,22). The largest absolute Gasteiger partial charge is 0.393 e. The monoisotopic (exact) mass is 300 g/mol. The molecule has 118 valence electrons. The van der Waals surface area contributed by atoms with Crippen LogP contribution in [0.5, 0.6) is 0 Å². The first-order valence-electron chi connectivity index (χ1n) is 8.23. The van der Waals surface area contributed by atoms with Crippen molar-refractivity contribution in [3.05, 3.63) is 36.0 Å². The summed E-state index contributed by atoms with van der Waals surface area (Å²) in [4.78, 5) is 12.5. The number of hydrogen-bond acceptors (Lipinski definition) is 2. The highest BCUT2D eigenvalue weighted by Gasteiger charge is 2.25. The maximum absolute atomic E-state index is 12.5. The molecule has 1 unspecified atom stereocenters. The van der Waals surface area contributed by atoms with E-state index in [1.165, 1.54) is 12.8 Å². The Balaban J connectivity index is 1.77. The van der Waals surface area contributed by atoms with E-state index in [4.69, 9.17) is 0 Å². The highest BCUT2D eigenvalue weighted by Crippen LogP contribution is 2.33. The lowest BCUT2D eigenvalue weighted by Crippen LogP contribution is -2.29. The summed E-state index contributed by atoms with van der Waals surface area (Å²) in [5, 5.41) is 13.6. The molecule has 3 rings (SSSR count). The number of rotatable bonds is 7. The molecule has 1 aliphatic carbocycles. The third-order valence-corrected chi connectivity index (χ3v) is 4.42. The highest BCUT2D eigenvalue weighted by atomic mass is 16.3. The van der Waals surface area contributed by atoms with Crippen molar-refractivity contribution in [1.29, 1.82) is 0 Å². The predicted molar refractivity (Wildman–Crippen MR) is 87.9 cm³/mol. The number of carbonyl (C=O) groups excluding carboxylic acids is 1. The molecule has 0 bridgehead atoms. The fraction of sp³-hybridized carbons (Fsp3) is 0.500. The SMILES string of the molecule is CCC(O)CCNC(=O)c1cc2ccccc2n1CC1CC1. The second kappa shape index (κ2) is 6.53. The first-order chi connectivity index (χ1) is 10.7. The van der Waals surface area contributed by atoms with Crippen molar-refractivity contribution in [2.45, 2.75) is 45.3 Å². The summed E-state index contributed by atoms with van der Waals surface area (Å²) in [7, 11) is 0. The molecule has 1 saturated carbocycles. The van der Waals surface area contributed by atoms with E-state index in [2.05, 4.69) is 22.0 Å². The number of aromatic nitrogens is 1. The zero-order valence-corrected chi connectivity index (χ0v) is 13.1. The third-order valence-electron chi connectivity index (χ3n) is 4.42. The molecular weight excluding hydrogens is 276 g/mol. The van der Waals surface area contributed by atoms with Crippen molar-refractivity contribution in [3.63, 3.8) is 0 Å². The van der Waals surface area contributed by atoms with Crippen molar-refractivity contribution in [2.75, 3.05) is 6.54 Å². The maximum atomic E-state index is 12.5. The van der Waals surface area contributed by atoms with Gasteiger partial charge in [-0.2, -0.15) is 0 Å². The number of amides is 1. The smallest absolute Gasteiger partial charge is 0.267 e. The Hall–Kier alpha value is -1.81. The molecule has 1 aliphatic rings. The number of nitrogens with one attached hydrogen (secondary N) is 1. The van der Waals surface area contributed by atoms with Crippen molar-refractivity contribution in [1.82, 2.24) is 9.88 Å². The fourth-order valence-electron chi connectivity index (χ4n) is 2.80. The Labute approximate surface area is 131 Å². The average Bonchev–Trinajstić information content (AvgIpc) is 3.27. The van der Waals surface area contributed by atoms with Crippen LogP contribution < -0.4 is 5.32 Å². The summed E-state index contributed by atoms with van der Waals surface area (Å²) in [6.45, 7) is 3.38. The van der Waals surface area contributed by atoms with Crippen LogP contribution in [0.2, 0.25) is 0 Å². The first-order valence-corrected chi connectivity index (χ1v) is 8.23. The van der Waals surface area contributed by atoms with Gasteiger partial charge in [0.1, 0.15) is 5.69 Å². The summed E-state index contributed by atoms with van der Waals surface area (Å²) < 4.78 is 2.15. The van der Waals surface area contributed by atoms with Gasteiger partial charge in [-0.05, 0) is 43.7 Å². The molecule has 1 heterocycles. The number of aliphatic hydroxyl groups is 1. The van der Waals surface area contributed by atoms with Gasteiger partial charge in [0.05, 0.1) is 6.10 Å². The van der Waals surface area contributed by atoms with Gasteiger partial charge in [0.15, 0.2) is 0 Å². The molecule has 1 aromatic heterocycles. The number of aliphatic hydroxyl groups excluding tert-OH is 1. The van der Waals surface area contributed by atoms with Crippen LogP contribution in [0, 0.1) is 5.92 Å². The minimum absolute atomic E-state index is 0.0415. The molecule has 4 heteroatoms. The van der Waals surface area contributed by atoms with E-state index in [1.807, 2.05) is 25.1 Å². The summed E-state index contributed by atoms with van der Waals surface area (Å²) in [6.07, 6.45) is 3.51. The molecule has 0 aliphatic heterocycles. The van der Waals surface area contributed by atoms with Crippen LogP contribution in [0.4, 0.5) is 0 Å². The van der Waals surface area contributed by atoms with E-state index in [0.717, 1.165) is 29.6 Å². The van der Waals surface area contributed by atoms with E-state index in [0.29, 0.717) is 18.9 Å². The van der Waals surface area contributed by atoms with Crippen LogP contribution in [0.1, 0.15) is 43.1 Å².